The number of fused-ring (bicyclic) bond motifs is 2. The number of halogens is 1. The maximum Gasteiger partial charge on any atom is 0.282 e. The van der Waals surface area contributed by atoms with Gasteiger partial charge < -0.3 is 13.9 Å². The fourth-order valence-electron chi connectivity index (χ4n) is 4.50. The summed E-state index contributed by atoms with van der Waals surface area (Å²) in [4.78, 5) is 18.4. The molecule has 0 unspecified atom stereocenters. The lowest BCUT2D eigenvalue weighted by atomic mass is 10.1. The molecule has 8 nitrogen and oxygen atoms in total. The van der Waals surface area contributed by atoms with Gasteiger partial charge in [0.25, 0.3) is 5.56 Å². The Hall–Kier alpha value is -5.20. The van der Waals surface area contributed by atoms with Crippen LogP contribution in [0.1, 0.15) is 16.7 Å². The molecule has 0 N–H and O–H groups in total. The van der Waals surface area contributed by atoms with Crippen molar-refractivity contribution in [1.29, 1.82) is 5.26 Å². The molecule has 0 radical (unpaired) electrons. The summed E-state index contributed by atoms with van der Waals surface area (Å²) in [6, 6.07) is 29.3. The second-order valence-electron chi connectivity index (χ2n) is 9.04. The van der Waals surface area contributed by atoms with Crippen LogP contribution in [-0.2, 0) is 6.61 Å². The molecule has 0 aliphatic heterocycles. The van der Waals surface area contributed by atoms with E-state index in [0.717, 1.165) is 15.4 Å². The molecule has 0 aliphatic rings. The number of hydrogen-bond donors (Lipinski definition) is 0. The first-order valence-electron chi connectivity index (χ1n) is 12.6. The lowest BCUT2D eigenvalue weighted by molar-refractivity contribution is 0.305. The Morgan fingerprint density at radius 2 is 1.83 bits per heavy atom. The van der Waals surface area contributed by atoms with Crippen molar-refractivity contribution in [3.8, 4) is 29.2 Å². The maximum atomic E-state index is 13.7. The minimum Gasteiger partial charge on any atom is -0.496 e. The Balaban J connectivity index is 1.45. The van der Waals surface area contributed by atoms with E-state index in [2.05, 4.69) is 27.1 Å². The van der Waals surface area contributed by atoms with Crippen LogP contribution < -0.4 is 15.0 Å². The third-order valence-corrected chi connectivity index (χ3v) is 7.01. The summed E-state index contributed by atoms with van der Waals surface area (Å²) in [6.07, 6.45) is 1.54. The zero-order valence-electron chi connectivity index (χ0n) is 21.7. The van der Waals surface area contributed by atoms with Crippen LogP contribution in [0, 0.1) is 11.3 Å². The van der Waals surface area contributed by atoms with Crippen LogP contribution in [-0.4, -0.2) is 23.0 Å². The zero-order valence-corrected chi connectivity index (χ0v) is 23.3. The molecule has 0 aliphatic carbocycles. The average molecular weight is 605 g/mol. The second-order valence-corrected chi connectivity index (χ2v) is 9.95. The van der Waals surface area contributed by atoms with E-state index in [-0.39, 0.29) is 18.0 Å². The molecule has 41 heavy (non-hydrogen) atoms. The lowest BCUT2D eigenvalue weighted by Crippen LogP contribution is -2.20. The molecule has 0 fully saturated rings. The van der Waals surface area contributed by atoms with E-state index in [9.17, 15) is 10.1 Å². The predicted octanol–water partition coefficient (Wildman–Crippen LogP) is 6.91. The van der Waals surface area contributed by atoms with Gasteiger partial charge in [-0.1, -0.05) is 52.3 Å². The van der Waals surface area contributed by atoms with Gasteiger partial charge in [0.1, 0.15) is 23.7 Å². The van der Waals surface area contributed by atoms with E-state index < -0.39 is 0 Å². The van der Waals surface area contributed by atoms with Crippen LogP contribution in [0.4, 0.5) is 0 Å². The van der Waals surface area contributed by atoms with Gasteiger partial charge in [-0.05, 0) is 54.6 Å². The molecule has 9 heteroatoms. The van der Waals surface area contributed by atoms with E-state index >= 15 is 0 Å². The minimum absolute atomic E-state index is 0.190. The normalized spacial score (nSPS) is 11.2. The number of rotatable bonds is 7. The molecular weight excluding hydrogens is 584 g/mol. The van der Waals surface area contributed by atoms with E-state index in [1.165, 1.54) is 4.68 Å². The lowest BCUT2D eigenvalue weighted by Gasteiger charge is -2.11. The first-order chi connectivity index (χ1) is 20.1. The Morgan fingerprint density at radius 3 is 2.68 bits per heavy atom. The van der Waals surface area contributed by atoms with Gasteiger partial charge in [-0.15, -0.1) is 0 Å². The fraction of sp³-hybridized carbons (Fsp3) is 0.0625. The predicted molar refractivity (Wildman–Crippen MR) is 160 cm³/mol. The number of nitrogens with zero attached hydrogens (tertiary/aromatic N) is 4. The molecule has 6 rings (SSSR count). The Bertz CT molecular complexity index is 2060. The van der Waals surface area contributed by atoms with Gasteiger partial charge >= 0.3 is 0 Å². The molecule has 0 bridgehead atoms. The number of ether oxygens (including phenoxy) is 2. The molecule has 200 valence electrons. The molecule has 0 atom stereocenters. The summed E-state index contributed by atoms with van der Waals surface area (Å²) in [7, 11) is 1.59. The first-order valence-corrected chi connectivity index (χ1v) is 13.4. The highest BCUT2D eigenvalue weighted by molar-refractivity contribution is 9.10. The van der Waals surface area contributed by atoms with Crippen molar-refractivity contribution in [3.63, 3.8) is 0 Å². The average Bonchev–Trinajstić information content (AvgIpc) is 3.45. The SMILES string of the molecule is COc1cccc2oc(-c3nc4ccccc4c(=O)n3N=Cc3cc(Br)ccc3OCc3ccccc3C#N)cc12. The Morgan fingerprint density at radius 1 is 1.00 bits per heavy atom. The van der Waals surface area contributed by atoms with Crippen molar-refractivity contribution < 1.29 is 13.9 Å². The van der Waals surface area contributed by atoms with Gasteiger partial charge in [-0.2, -0.15) is 15.0 Å². The van der Waals surface area contributed by atoms with Gasteiger partial charge in [0.15, 0.2) is 5.76 Å². The van der Waals surface area contributed by atoms with Gasteiger partial charge in [-0.25, -0.2) is 4.98 Å². The quantitative estimate of drug-likeness (QED) is 0.183. The van der Waals surface area contributed by atoms with Crippen molar-refractivity contribution in [1.82, 2.24) is 9.66 Å². The van der Waals surface area contributed by atoms with Gasteiger partial charge in [0, 0.05) is 15.6 Å². The molecular formula is C32H21BrN4O4. The minimum atomic E-state index is -0.352. The Kier molecular flexibility index (Phi) is 7.06. The van der Waals surface area contributed by atoms with Crippen molar-refractivity contribution in [2.75, 3.05) is 7.11 Å². The molecule has 6 aromatic rings. The number of benzene rings is 4. The second kappa shape index (κ2) is 11.1. The summed E-state index contributed by atoms with van der Waals surface area (Å²) < 4.78 is 19.7. The summed E-state index contributed by atoms with van der Waals surface area (Å²) >= 11 is 3.50. The standard InChI is InChI=1S/C32H21BrN4O4/c1-39-28-11-6-12-29-25(28)16-30(41-29)31-36-26-10-5-4-9-24(26)32(38)37(31)35-18-22-15-23(33)13-14-27(22)40-19-21-8-3-2-7-20(21)17-34/h2-16,18H,19H2,1H3. The molecule has 2 heterocycles. The third kappa shape index (κ3) is 5.09. The monoisotopic (exact) mass is 604 g/mol. The molecule has 0 spiro atoms. The van der Waals surface area contributed by atoms with Crippen LogP contribution in [0.2, 0.25) is 0 Å². The highest BCUT2D eigenvalue weighted by atomic mass is 79.9. The summed E-state index contributed by atoms with van der Waals surface area (Å²) in [5.74, 6) is 1.78. The Labute approximate surface area is 242 Å². The number of para-hydroxylation sites is 1. The summed E-state index contributed by atoms with van der Waals surface area (Å²) in [6.45, 7) is 0.190. The number of furan rings is 1. The van der Waals surface area contributed by atoms with Crippen molar-refractivity contribution in [2.45, 2.75) is 6.61 Å². The van der Waals surface area contributed by atoms with Crippen LogP contribution >= 0.6 is 15.9 Å². The van der Waals surface area contributed by atoms with Crippen molar-refractivity contribution >= 4 is 44.0 Å². The fourth-order valence-corrected chi connectivity index (χ4v) is 4.87. The number of hydrogen-bond acceptors (Lipinski definition) is 7. The van der Waals surface area contributed by atoms with Crippen LogP contribution in [0.25, 0.3) is 33.5 Å². The highest BCUT2D eigenvalue weighted by Crippen LogP contribution is 2.33. The van der Waals surface area contributed by atoms with E-state index in [4.69, 9.17) is 18.9 Å². The largest absolute Gasteiger partial charge is 0.496 e. The van der Waals surface area contributed by atoms with Gasteiger partial charge in [0.2, 0.25) is 5.82 Å². The third-order valence-electron chi connectivity index (χ3n) is 6.52. The van der Waals surface area contributed by atoms with E-state index in [1.807, 2.05) is 54.6 Å². The maximum absolute atomic E-state index is 13.7. The van der Waals surface area contributed by atoms with Crippen molar-refractivity contribution in [2.24, 2.45) is 5.10 Å². The zero-order chi connectivity index (χ0) is 28.3. The van der Waals surface area contributed by atoms with Crippen molar-refractivity contribution in [3.05, 3.63) is 123 Å². The highest BCUT2D eigenvalue weighted by Gasteiger charge is 2.18. The molecule has 0 saturated carbocycles. The van der Waals surface area contributed by atoms with Crippen LogP contribution in [0.5, 0.6) is 11.5 Å². The van der Waals surface area contributed by atoms with Crippen LogP contribution in [0.15, 0.2) is 110 Å². The smallest absolute Gasteiger partial charge is 0.282 e. The molecule has 4 aromatic carbocycles. The number of nitriles is 1. The van der Waals surface area contributed by atoms with Crippen LogP contribution in [0.3, 0.4) is 0 Å². The number of methoxy groups -OCH3 is 1. The van der Waals surface area contributed by atoms with Gasteiger partial charge in [0.05, 0.1) is 41.2 Å². The molecule has 0 amide bonds. The molecule has 2 aromatic heterocycles. The summed E-state index contributed by atoms with van der Waals surface area (Å²) in [5, 5.41) is 15.2. The number of aromatic nitrogens is 2. The van der Waals surface area contributed by atoms with Gasteiger partial charge in [-0.3, -0.25) is 4.79 Å². The van der Waals surface area contributed by atoms with E-state index in [0.29, 0.717) is 44.9 Å². The first kappa shape index (κ1) is 26.0. The topological polar surface area (TPSA) is 103 Å². The van der Waals surface area contributed by atoms with E-state index in [1.54, 1.807) is 49.7 Å². The summed E-state index contributed by atoms with van der Waals surface area (Å²) in [5.41, 5.74) is 2.69. The molecule has 0 saturated heterocycles.